The third kappa shape index (κ3) is 2.84. The second-order valence-electron chi connectivity index (χ2n) is 3.63. The Bertz CT molecular complexity index is 584. The van der Waals surface area contributed by atoms with Gasteiger partial charge in [-0.25, -0.2) is 0 Å². The maximum Gasteiger partial charge on any atom is 0.269 e. The molecule has 18 heavy (non-hydrogen) atoms. The quantitative estimate of drug-likeness (QED) is 0.944. The molecule has 1 aromatic heterocycles. The first kappa shape index (κ1) is 12.5. The molecule has 0 radical (unpaired) electrons. The van der Waals surface area contributed by atoms with Crippen LogP contribution < -0.4 is 10.5 Å². The number of carbonyl (C=O) groups excluding carboxylic acids is 1. The summed E-state index contributed by atoms with van der Waals surface area (Å²) in [6.07, 6.45) is 0. The smallest absolute Gasteiger partial charge is 0.269 e. The van der Waals surface area contributed by atoms with Crippen molar-refractivity contribution in [3.8, 4) is 11.6 Å². The first-order valence-corrected chi connectivity index (χ1v) is 5.93. The van der Waals surface area contributed by atoms with Crippen molar-refractivity contribution < 1.29 is 9.53 Å². The molecule has 0 bridgehead atoms. The maximum atomic E-state index is 10.8. The lowest BCUT2D eigenvalue weighted by atomic mass is 10.2. The van der Waals surface area contributed by atoms with Gasteiger partial charge in [0.25, 0.3) is 5.91 Å². The van der Waals surface area contributed by atoms with Crippen LogP contribution in [0.25, 0.3) is 0 Å². The number of halogens is 1. The molecule has 2 rings (SSSR count). The van der Waals surface area contributed by atoms with Gasteiger partial charge in [0, 0.05) is 10.5 Å². The van der Waals surface area contributed by atoms with Crippen LogP contribution in [0.1, 0.15) is 16.1 Å². The number of nitrogens with zero attached hydrogens (tertiary/aromatic N) is 2. The topological polar surface area (TPSA) is 78.1 Å². The fourth-order valence-corrected chi connectivity index (χ4v) is 1.82. The lowest BCUT2D eigenvalue weighted by Gasteiger charge is -2.07. The predicted octanol–water partition coefficient (Wildman–Crippen LogP) is 2.44. The largest absolute Gasteiger partial charge is 0.437 e. The molecule has 5 nitrogen and oxygen atoms in total. The van der Waals surface area contributed by atoms with Gasteiger partial charge < -0.3 is 10.5 Å². The van der Waals surface area contributed by atoms with Crippen LogP contribution in [0.15, 0.2) is 34.8 Å². The van der Waals surface area contributed by atoms with Crippen molar-refractivity contribution in [2.24, 2.45) is 5.73 Å². The average Bonchev–Trinajstić information content (AvgIpc) is 2.33. The van der Waals surface area contributed by atoms with Crippen LogP contribution >= 0.6 is 15.9 Å². The third-order valence-electron chi connectivity index (χ3n) is 2.24. The van der Waals surface area contributed by atoms with Crippen molar-refractivity contribution in [2.45, 2.75) is 6.92 Å². The van der Waals surface area contributed by atoms with Gasteiger partial charge >= 0.3 is 0 Å². The van der Waals surface area contributed by atoms with Gasteiger partial charge in [-0.05, 0) is 36.8 Å². The van der Waals surface area contributed by atoms with E-state index >= 15 is 0 Å². The van der Waals surface area contributed by atoms with Crippen LogP contribution in [0.4, 0.5) is 0 Å². The number of aryl methyl sites for hydroxylation is 1. The normalized spacial score (nSPS) is 10.1. The molecule has 0 spiro atoms. The zero-order chi connectivity index (χ0) is 13.1. The summed E-state index contributed by atoms with van der Waals surface area (Å²) >= 11 is 3.37. The molecule has 1 amide bonds. The third-order valence-corrected chi connectivity index (χ3v) is 2.74. The van der Waals surface area contributed by atoms with Gasteiger partial charge in [0.05, 0.1) is 0 Å². The molecule has 0 atom stereocenters. The van der Waals surface area contributed by atoms with E-state index in [-0.39, 0.29) is 5.69 Å². The fraction of sp³-hybridized carbons (Fsp3) is 0.0833. The highest BCUT2D eigenvalue weighted by molar-refractivity contribution is 9.10. The lowest BCUT2D eigenvalue weighted by Crippen LogP contribution is -2.13. The van der Waals surface area contributed by atoms with E-state index in [0.29, 0.717) is 11.6 Å². The summed E-state index contributed by atoms with van der Waals surface area (Å²) in [5.74, 6) is 0.374. The Kier molecular flexibility index (Phi) is 3.57. The van der Waals surface area contributed by atoms with Crippen LogP contribution in [0, 0.1) is 6.92 Å². The molecule has 2 N–H and O–H groups in total. The van der Waals surface area contributed by atoms with Gasteiger partial charge in [-0.3, -0.25) is 4.79 Å². The van der Waals surface area contributed by atoms with Crippen molar-refractivity contribution >= 4 is 21.8 Å². The van der Waals surface area contributed by atoms with Gasteiger partial charge in [-0.2, -0.15) is 0 Å². The molecule has 0 fully saturated rings. The Morgan fingerprint density at radius 1 is 1.28 bits per heavy atom. The minimum absolute atomic E-state index is 0.106. The van der Waals surface area contributed by atoms with Gasteiger partial charge in [0.2, 0.25) is 5.88 Å². The van der Waals surface area contributed by atoms with E-state index in [9.17, 15) is 4.79 Å². The molecule has 0 saturated heterocycles. The highest BCUT2D eigenvalue weighted by atomic mass is 79.9. The van der Waals surface area contributed by atoms with Crippen LogP contribution in [0.2, 0.25) is 0 Å². The molecule has 0 aliphatic rings. The van der Waals surface area contributed by atoms with Crippen molar-refractivity contribution in [1.82, 2.24) is 10.2 Å². The zero-order valence-electron chi connectivity index (χ0n) is 9.55. The van der Waals surface area contributed by atoms with E-state index in [1.54, 1.807) is 6.07 Å². The SMILES string of the molecule is Cc1cc(Br)ccc1Oc1ccc(C(N)=O)nn1. The van der Waals surface area contributed by atoms with E-state index < -0.39 is 5.91 Å². The van der Waals surface area contributed by atoms with Crippen LogP contribution in [0.5, 0.6) is 11.6 Å². The van der Waals surface area contributed by atoms with Crippen molar-refractivity contribution in [1.29, 1.82) is 0 Å². The van der Waals surface area contributed by atoms with E-state index in [1.807, 2.05) is 25.1 Å². The summed E-state index contributed by atoms with van der Waals surface area (Å²) in [6, 6.07) is 8.64. The number of hydrogen-bond donors (Lipinski definition) is 1. The molecule has 0 unspecified atom stereocenters. The van der Waals surface area contributed by atoms with Crippen LogP contribution in [-0.2, 0) is 0 Å². The molecule has 1 heterocycles. The maximum absolute atomic E-state index is 10.8. The molecule has 0 aliphatic carbocycles. The summed E-state index contributed by atoms with van der Waals surface area (Å²) in [5, 5.41) is 7.44. The van der Waals surface area contributed by atoms with Crippen molar-refractivity contribution in [3.63, 3.8) is 0 Å². The summed E-state index contributed by atoms with van der Waals surface area (Å²) in [4.78, 5) is 10.8. The molecule has 0 aliphatic heterocycles. The fourth-order valence-electron chi connectivity index (χ4n) is 1.35. The highest BCUT2D eigenvalue weighted by Gasteiger charge is 2.06. The summed E-state index contributed by atoms with van der Waals surface area (Å²) in [5.41, 5.74) is 6.14. The van der Waals surface area contributed by atoms with Crippen molar-refractivity contribution in [2.75, 3.05) is 0 Å². The number of ether oxygens (including phenoxy) is 1. The number of rotatable bonds is 3. The number of nitrogens with two attached hydrogens (primary N) is 1. The minimum Gasteiger partial charge on any atom is -0.437 e. The number of amides is 1. The molecule has 2 aromatic rings. The lowest BCUT2D eigenvalue weighted by molar-refractivity contribution is 0.0994. The number of primary amides is 1. The Hall–Kier alpha value is -1.95. The van der Waals surface area contributed by atoms with Gasteiger partial charge in [0.1, 0.15) is 5.75 Å². The standard InChI is InChI=1S/C12H10BrN3O2/c1-7-6-8(13)2-4-10(7)18-11-5-3-9(12(14)17)15-16-11/h2-6H,1H3,(H2,14,17). The predicted molar refractivity (Wildman–Crippen MR) is 69.5 cm³/mol. The first-order chi connectivity index (χ1) is 8.56. The molecular formula is C12H10BrN3O2. The van der Waals surface area contributed by atoms with Gasteiger partial charge in [0.15, 0.2) is 5.69 Å². The van der Waals surface area contributed by atoms with Gasteiger partial charge in [-0.15, -0.1) is 10.2 Å². The first-order valence-electron chi connectivity index (χ1n) is 5.14. The average molecular weight is 308 g/mol. The zero-order valence-corrected chi connectivity index (χ0v) is 11.1. The van der Waals surface area contributed by atoms with Crippen LogP contribution in [-0.4, -0.2) is 16.1 Å². The van der Waals surface area contributed by atoms with Gasteiger partial charge in [-0.1, -0.05) is 15.9 Å². The molecular weight excluding hydrogens is 298 g/mol. The Morgan fingerprint density at radius 3 is 2.61 bits per heavy atom. The number of hydrogen-bond acceptors (Lipinski definition) is 4. The van der Waals surface area contributed by atoms with Crippen LogP contribution in [0.3, 0.4) is 0 Å². The van der Waals surface area contributed by atoms with E-state index in [2.05, 4.69) is 26.1 Å². The Morgan fingerprint density at radius 2 is 2.06 bits per heavy atom. The number of carbonyl (C=O) groups is 1. The van der Waals surface area contributed by atoms with E-state index in [0.717, 1.165) is 10.0 Å². The number of benzene rings is 1. The van der Waals surface area contributed by atoms with E-state index in [1.165, 1.54) is 6.07 Å². The highest BCUT2D eigenvalue weighted by Crippen LogP contribution is 2.25. The number of aromatic nitrogens is 2. The summed E-state index contributed by atoms with van der Waals surface area (Å²) in [6.45, 7) is 1.92. The molecule has 6 heteroatoms. The monoisotopic (exact) mass is 307 g/mol. The van der Waals surface area contributed by atoms with Crippen molar-refractivity contribution in [3.05, 3.63) is 46.1 Å². The second kappa shape index (κ2) is 5.14. The Labute approximate surface area is 112 Å². The second-order valence-corrected chi connectivity index (χ2v) is 4.55. The summed E-state index contributed by atoms with van der Waals surface area (Å²) < 4.78 is 6.53. The molecule has 0 saturated carbocycles. The van der Waals surface area contributed by atoms with E-state index in [4.69, 9.17) is 10.5 Å². The summed E-state index contributed by atoms with van der Waals surface area (Å²) in [7, 11) is 0. The molecule has 1 aromatic carbocycles. The molecule has 92 valence electrons. The minimum atomic E-state index is -0.617. The Balaban J connectivity index is 2.21.